The van der Waals surface area contributed by atoms with Crippen molar-refractivity contribution in [3.63, 3.8) is 0 Å². The van der Waals surface area contributed by atoms with E-state index in [4.69, 9.17) is 10.8 Å². The van der Waals surface area contributed by atoms with Gasteiger partial charge in [-0.15, -0.1) is 0 Å². The maximum absolute atomic E-state index is 10.2. The lowest BCUT2D eigenvalue weighted by Crippen LogP contribution is -2.32. The van der Waals surface area contributed by atoms with E-state index < -0.39 is 12.0 Å². The molecule has 0 amide bonds. The van der Waals surface area contributed by atoms with Crippen molar-refractivity contribution in [2.45, 2.75) is 25.8 Å². The van der Waals surface area contributed by atoms with Gasteiger partial charge in [-0.3, -0.25) is 4.79 Å². The van der Waals surface area contributed by atoms with Crippen LogP contribution in [-0.2, 0) is 9.59 Å². The van der Waals surface area contributed by atoms with Crippen molar-refractivity contribution >= 4 is 11.9 Å². The second-order valence-electron chi connectivity index (χ2n) is 2.19. The number of hydrogen-bond donors (Lipinski definition) is 2. The molecule has 1 atom stereocenters. The smallest absolute Gasteiger partial charge is 0.325 e. The van der Waals surface area contributed by atoms with Crippen molar-refractivity contribution < 1.29 is 14.7 Å². The van der Waals surface area contributed by atoms with Crippen molar-refractivity contribution in [3.05, 3.63) is 5.57 Å². The topological polar surface area (TPSA) is 80.4 Å². The number of nitrogens with two attached hydrogens (primary N) is 1. The van der Waals surface area contributed by atoms with Crippen LogP contribution in [0.15, 0.2) is 5.57 Å². The lowest BCUT2D eigenvalue weighted by Gasteiger charge is -2.05. The summed E-state index contributed by atoms with van der Waals surface area (Å²) in [7, 11) is 0. The number of carbonyl (C=O) groups is 1. The molecule has 0 saturated carbocycles. The molecule has 0 aliphatic heterocycles. The molecule has 4 nitrogen and oxygen atoms in total. The summed E-state index contributed by atoms with van der Waals surface area (Å²) in [5.74, 6) is 0.361. The monoisotopic (exact) mass is 157 g/mol. The largest absolute Gasteiger partial charge is 0.480 e. The predicted molar refractivity (Wildman–Crippen MR) is 39.7 cm³/mol. The Balaban J connectivity index is 4.28. The summed E-state index contributed by atoms with van der Waals surface area (Å²) in [6.45, 7) is 1.84. The average molecular weight is 157 g/mol. The first-order valence-corrected chi connectivity index (χ1v) is 3.35. The van der Waals surface area contributed by atoms with Crippen molar-refractivity contribution in [2.75, 3.05) is 0 Å². The number of carbonyl (C=O) groups excluding carboxylic acids is 1. The van der Waals surface area contributed by atoms with E-state index in [0.29, 0.717) is 12.8 Å². The Morgan fingerprint density at radius 2 is 2.27 bits per heavy atom. The fraction of sp³-hybridized carbons (Fsp3) is 0.571. The first kappa shape index (κ1) is 9.88. The molecule has 1 unspecified atom stereocenters. The third kappa shape index (κ3) is 2.98. The highest BCUT2D eigenvalue weighted by Gasteiger charge is 2.16. The van der Waals surface area contributed by atoms with Gasteiger partial charge >= 0.3 is 5.97 Å². The molecule has 0 rings (SSSR count). The average Bonchev–Trinajstić information content (AvgIpc) is 1.98. The SMILES string of the molecule is CCCC(=C=O)C(N)C(=O)O. The molecule has 0 heterocycles. The Kier molecular flexibility index (Phi) is 4.18. The molecule has 0 saturated heterocycles. The minimum atomic E-state index is -1.19. The van der Waals surface area contributed by atoms with Crippen LogP contribution in [0, 0.1) is 0 Å². The second-order valence-corrected chi connectivity index (χ2v) is 2.19. The molecule has 62 valence electrons. The molecule has 0 aliphatic carbocycles. The van der Waals surface area contributed by atoms with Gasteiger partial charge in [-0.05, 0) is 6.42 Å². The number of hydrogen-bond acceptors (Lipinski definition) is 3. The van der Waals surface area contributed by atoms with E-state index in [0.717, 1.165) is 0 Å². The maximum Gasteiger partial charge on any atom is 0.325 e. The van der Waals surface area contributed by atoms with Crippen LogP contribution in [0.3, 0.4) is 0 Å². The highest BCUT2D eigenvalue weighted by atomic mass is 16.4. The van der Waals surface area contributed by atoms with E-state index in [2.05, 4.69) is 0 Å². The van der Waals surface area contributed by atoms with Crippen LogP contribution in [0.5, 0.6) is 0 Å². The normalized spacial score (nSPS) is 11.8. The summed E-state index contributed by atoms with van der Waals surface area (Å²) in [6.07, 6.45) is 1.10. The van der Waals surface area contributed by atoms with Gasteiger partial charge in [0.1, 0.15) is 12.0 Å². The Morgan fingerprint density at radius 3 is 2.55 bits per heavy atom. The molecule has 0 aromatic rings. The number of rotatable bonds is 4. The van der Waals surface area contributed by atoms with Crippen LogP contribution in [-0.4, -0.2) is 23.1 Å². The van der Waals surface area contributed by atoms with Crippen LogP contribution < -0.4 is 5.73 Å². The van der Waals surface area contributed by atoms with E-state index in [1.807, 2.05) is 6.92 Å². The second kappa shape index (κ2) is 4.66. The summed E-state index contributed by atoms with van der Waals surface area (Å²) >= 11 is 0. The van der Waals surface area contributed by atoms with Crippen molar-refractivity contribution in [1.82, 2.24) is 0 Å². The summed E-state index contributed by atoms with van der Waals surface area (Å²) in [5.41, 5.74) is 5.28. The predicted octanol–water partition coefficient (Wildman–Crippen LogP) is -0.0436. The van der Waals surface area contributed by atoms with E-state index in [-0.39, 0.29) is 5.57 Å². The van der Waals surface area contributed by atoms with Gasteiger partial charge in [0.15, 0.2) is 0 Å². The number of aliphatic carboxylic acids is 1. The van der Waals surface area contributed by atoms with Gasteiger partial charge in [0.05, 0.1) is 0 Å². The summed E-state index contributed by atoms with van der Waals surface area (Å²) in [4.78, 5) is 20.4. The molecule has 4 heteroatoms. The maximum atomic E-state index is 10.2. The van der Waals surface area contributed by atoms with Gasteiger partial charge in [-0.1, -0.05) is 13.3 Å². The summed E-state index contributed by atoms with van der Waals surface area (Å²) < 4.78 is 0. The molecule has 0 fully saturated rings. The van der Waals surface area contributed by atoms with Crippen LogP contribution in [0.4, 0.5) is 0 Å². The summed E-state index contributed by atoms with van der Waals surface area (Å²) in [6, 6.07) is -1.19. The number of carboxylic acid groups (broad SMARTS) is 1. The van der Waals surface area contributed by atoms with Crippen LogP contribution in [0.2, 0.25) is 0 Å². The zero-order valence-corrected chi connectivity index (χ0v) is 6.33. The van der Waals surface area contributed by atoms with Crippen LogP contribution >= 0.6 is 0 Å². The van der Waals surface area contributed by atoms with Crippen LogP contribution in [0.1, 0.15) is 19.8 Å². The molecule has 0 aromatic carbocycles. The molecule has 11 heavy (non-hydrogen) atoms. The van der Waals surface area contributed by atoms with Gasteiger partial charge in [0, 0.05) is 5.57 Å². The molecule has 0 aliphatic rings. The first-order valence-electron chi connectivity index (χ1n) is 3.35. The lowest BCUT2D eigenvalue weighted by molar-refractivity contribution is -0.137. The number of carboxylic acids is 1. The summed E-state index contributed by atoms with van der Waals surface area (Å²) in [5, 5.41) is 8.39. The third-order valence-electron chi connectivity index (χ3n) is 1.29. The lowest BCUT2D eigenvalue weighted by atomic mass is 10.1. The molecular formula is C7H11NO3. The Hall–Kier alpha value is -1.12. The zero-order valence-electron chi connectivity index (χ0n) is 6.33. The quantitative estimate of drug-likeness (QED) is 0.561. The fourth-order valence-corrected chi connectivity index (χ4v) is 0.688. The molecule has 3 N–H and O–H groups in total. The van der Waals surface area contributed by atoms with E-state index in [1.54, 1.807) is 5.94 Å². The first-order chi connectivity index (χ1) is 5.13. The Morgan fingerprint density at radius 1 is 1.73 bits per heavy atom. The van der Waals surface area contributed by atoms with Gasteiger partial charge in [-0.25, -0.2) is 4.79 Å². The Bertz CT molecular complexity index is 194. The third-order valence-corrected chi connectivity index (χ3v) is 1.29. The van der Waals surface area contributed by atoms with Crippen molar-refractivity contribution in [3.8, 4) is 0 Å². The van der Waals surface area contributed by atoms with E-state index in [1.165, 1.54) is 0 Å². The molecule has 0 bridgehead atoms. The highest BCUT2D eigenvalue weighted by Crippen LogP contribution is 2.04. The molecule has 0 spiro atoms. The standard InChI is InChI=1S/C7H11NO3/c1-2-3-5(4-9)6(8)7(10)11/h6H,2-3,8H2,1H3,(H,10,11). The minimum Gasteiger partial charge on any atom is -0.480 e. The minimum absolute atomic E-state index is 0.125. The highest BCUT2D eigenvalue weighted by molar-refractivity contribution is 5.80. The fourth-order valence-electron chi connectivity index (χ4n) is 0.688. The van der Waals surface area contributed by atoms with Crippen LogP contribution in [0.25, 0.3) is 0 Å². The van der Waals surface area contributed by atoms with Crippen molar-refractivity contribution in [1.29, 1.82) is 0 Å². The molecule has 0 radical (unpaired) electrons. The van der Waals surface area contributed by atoms with Gasteiger partial charge in [0.2, 0.25) is 0 Å². The Labute approximate surface area is 64.7 Å². The van der Waals surface area contributed by atoms with Gasteiger partial charge in [-0.2, -0.15) is 0 Å². The molecular weight excluding hydrogens is 146 g/mol. The molecule has 0 aromatic heterocycles. The van der Waals surface area contributed by atoms with Gasteiger partial charge in [0.25, 0.3) is 0 Å². The van der Waals surface area contributed by atoms with Gasteiger partial charge < -0.3 is 10.8 Å². The van der Waals surface area contributed by atoms with E-state index in [9.17, 15) is 9.59 Å². The zero-order chi connectivity index (χ0) is 8.85. The van der Waals surface area contributed by atoms with Crippen molar-refractivity contribution in [2.24, 2.45) is 5.73 Å². The van der Waals surface area contributed by atoms with E-state index >= 15 is 0 Å².